The first-order chi connectivity index (χ1) is 14.0. The SMILES string of the molecule is CN(C)C(C(=O)Nc1cccc(-c2nc3ccccc3s2)c1)c1ccc(Cl)cc1. The molecule has 6 heteroatoms. The van der Waals surface area contributed by atoms with Gasteiger partial charge in [0.1, 0.15) is 11.0 Å². The maximum Gasteiger partial charge on any atom is 0.246 e. The van der Waals surface area contributed by atoms with Crippen molar-refractivity contribution in [1.82, 2.24) is 9.88 Å². The summed E-state index contributed by atoms with van der Waals surface area (Å²) < 4.78 is 1.15. The highest BCUT2D eigenvalue weighted by atomic mass is 35.5. The third-order valence-corrected chi connectivity index (χ3v) is 5.96. The van der Waals surface area contributed by atoms with E-state index < -0.39 is 6.04 Å². The smallest absolute Gasteiger partial charge is 0.246 e. The number of carbonyl (C=O) groups is 1. The number of hydrogen-bond donors (Lipinski definition) is 1. The van der Waals surface area contributed by atoms with Gasteiger partial charge in [-0.05, 0) is 56.1 Å². The summed E-state index contributed by atoms with van der Waals surface area (Å²) in [6.45, 7) is 0. The summed E-state index contributed by atoms with van der Waals surface area (Å²) in [5, 5.41) is 4.63. The summed E-state index contributed by atoms with van der Waals surface area (Å²) in [7, 11) is 3.77. The van der Waals surface area contributed by atoms with Crippen molar-refractivity contribution in [3.63, 3.8) is 0 Å². The predicted octanol–water partition coefficient (Wildman–Crippen LogP) is 5.86. The highest BCUT2D eigenvalue weighted by molar-refractivity contribution is 7.21. The average molecular weight is 422 g/mol. The summed E-state index contributed by atoms with van der Waals surface area (Å²) in [5.74, 6) is -0.0984. The number of amides is 1. The fourth-order valence-electron chi connectivity index (χ4n) is 3.27. The van der Waals surface area contributed by atoms with Gasteiger partial charge in [-0.1, -0.05) is 48.0 Å². The lowest BCUT2D eigenvalue weighted by atomic mass is 10.0. The van der Waals surface area contributed by atoms with E-state index in [0.29, 0.717) is 5.02 Å². The number of hydrogen-bond acceptors (Lipinski definition) is 4. The summed E-state index contributed by atoms with van der Waals surface area (Å²) in [6, 6.07) is 22.8. The zero-order chi connectivity index (χ0) is 20.4. The van der Waals surface area contributed by atoms with E-state index in [9.17, 15) is 4.79 Å². The van der Waals surface area contributed by atoms with E-state index in [-0.39, 0.29) is 5.91 Å². The molecule has 1 aromatic heterocycles. The van der Waals surface area contributed by atoms with Gasteiger partial charge in [-0.25, -0.2) is 4.98 Å². The first kappa shape index (κ1) is 19.6. The van der Waals surface area contributed by atoms with Crippen LogP contribution >= 0.6 is 22.9 Å². The van der Waals surface area contributed by atoms with Gasteiger partial charge in [-0.15, -0.1) is 11.3 Å². The lowest BCUT2D eigenvalue weighted by molar-refractivity contribution is -0.120. The highest BCUT2D eigenvalue weighted by Gasteiger charge is 2.23. The summed E-state index contributed by atoms with van der Waals surface area (Å²) in [6.07, 6.45) is 0. The Bertz CT molecular complexity index is 1120. The zero-order valence-electron chi connectivity index (χ0n) is 16.1. The largest absolute Gasteiger partial charge is 0.324 e. The Morgan fingerprint density at radius 1 is 1.03 bits per heavy atom. The van der Waals surface area contributed by atoms with E-state index in [1.54, 1.807) is 23.5 Å². The summed E-state index contributed by atoms with van der Waals surface area (Å²) in [5.41, 5.74) is 3.60. The molecule has 0 aliphatic carbocycles. The molecule has 29 heavy (non-hydrogen) atoms. The first-order valence-corrected chi connectivity index (χ1v) is 10.4. The fourth-order valence-corrected chi connectivity index (χ4v) is 4.35. The first-order valence-electron chi connectivity index (χ1n) is 9.20. The second-order valence-corrected chi connectivity index (χ2v) is 8.44. The van der Waals surface area contributed by atoms with Gasteiger partial charge in [0.2, 0.25) is 5.91 Å². The molecule has 4 nitrogen and oxygen atoms in total. The molecule has 0 spiro atoms. The van der Waals surface area contributed by atoms with E-state index >= 15 is 0 Å². The molecule has 0 saturated carbocycles. The number of nitrogens with one attached hydrogen (secondary N) is 1. The van der Waals surface area contributed by atoms with Gasteiger partial charge in [0, 0.05) is 16.3 Å². The minimum atomic E-state index is -0.418. The number of aromatic nitrogens is 1. The molecule has 4 rings (SSSR count). The predicted molar refractivity (Wildman–Crippen MR) is 122 cm³/mol. The molecule has 0 saturated heterocycles. The van der Waals surface area contributed by atoms with Crippen LogP contribution < -0.4 is 5.32 Å². The minimum absolute atomic E-state index is 0.0984. The molecule has 0 aliphatic heterocycles. The number of likely N-dealkylation sites (N-methyl/N-ethyl adjacent to an activating group) is 1. The van der Waals surface area contributed by atoms with Crippen LogP contribution in [0.5, 0.6) is 0 Å². The van der Waals surface area contributed by atoms with E-state index in [0.717, 1.165) is 32.0 Å². The van der Waals surface area contributed by atoms with Crippen molar-refractivity contribution in [3.8, 4) is 10.6 Å². The van der Waals surface area contributed by atoms with Crippen LogP contribution in [-0.4, -0.2) is 29.9 Å². The molecule has 0 bridgehead atoms. The monoisotopic (exact) mass is 421 g/mol. The van der Waals surface area contributed by atoms with Gasteiger partial charge in [-0.2, -0.15) is 0 Å². The minimum Gasteiger partial charge on any atom is -0.324 e. The number of nitrogens with zero attached hydrogens (tertiary/aromatic N) is 2. The van der Waals surface area contributed by atoms with Crippen LogP contribution in [0.1, 0.15) is 11.6 Å². The van der Waals surface area contributed by atoms with E-state index in [1.807, 2.05) is 73.6 Å². The molecule has 146 valence electrons. The van der Waals surface area contributed by atoms with Crippen LogP contribution in [0.15, 0.2) is 72.8 Å². The van der Waals surface area contributed by atoms with Crippen molar-refractivity contribution in [2.45, 2.75) is 6.04 Å². The number of para-hydroxylation sites is 1. The van der Waals surface area contributed by atoms with E-state index in [2.05, 4.69) is 11.4 Å². The Hall–Kier alpha value is -2.73. The Morgan fingerprint density at radius 2 is 1.79 bits per heavy atom. The van der Waals surface area contributed by atoms with Crippen molar-refractivity contribution in [3.05, 3.63) is 83.4 Å². The molecule has 0 fully saturated rings. The van der Waals surface area contributed by atoms with Crippen LogP contribution in [0, 0.1) is 0 Å². The van der Waals surface area contributed by atoms with E-state index in [4.69, 9.17) is 16.6 Å². The van der Waals surface area contributed by atoms with Crippen LogP contribution in [0.25, 0.3) is 20.8 Å². The van der Waals surface area contributed by atoms with Gasteiger partial charge in [0.05, 0.1) is 10.2 Å². The highest BCUT2D eigenvalue weighted by Crippen LogP contribution is 2.31. The van der Waals surface area contributed by atoms with Crippen LogP contribution in [-0.2, 0) is 4.79 Å². The van der Waals surface area contributed by atoms with Gasteiger partial charge in [0.15, 0.2) is 0 Å². The van der Waals surface area contributed by atoms with Crippen molar-refractivity contribution in [2.75, 3.05) is 19.4 Å². The Labute approximate surface area is 178 Å². The molecular formula is C23H20ClN3OS. The number of thiazole rings is 1. The molecule has 1 heterocycles. The maximum atomic E-state index is 13.0. The Balaban J connectivity index is 1.59. The number of carbonyl (C=O) groups excluding carboxylic acids is 1. The molecule has 0 aliphatic rings. The van der Waals surface area contributed by atoms with Gasteiger partial charge >= 0.3 is 0 Å². The number of benzene rings is 3. The van der Waals surface area contributed by atoms with Crippen LogP contribution in [0.3, 0.4) is 0 Å². The molecule has 1 amide bonds. The fraction of sp³-hybridized carbons (Fsp3) is 0.130. The maximum absolute atomic E-state index is 13.0. The number of rotatable bonds is 5. The topological polar surface area (TPSA) is 45.2 Å². The van der Waals surface area contributed by atoms with Crippen molar-refractivity contribution in [2.24, 2.45) is 0 Å². The van der Waals surface area contributed by atoms with Crippen LogP contribution in [0.4, 0.5) is 5.69 Å². The summed E-state index contributed by atoms with van der Waals surface area (Å²) in [4.78, 5) is 19.6. The standard InChI is InChI=1S/C23H20ClN3OS/c1-27(2)21(15-10-12-17(24)13-11-15)22(28)25-18-7-5-6-16(14-18)23-26-19-8-3-4-9-20(19)29-23/h3-14,21H,1-2H3,(H,25,28). The average Bonchev–Trinajstić information content (AvgIpc) is 3.14. The molecule has 1 N–H and O–H groups in total. The van der Waals surface area contributed by atoms with Gasteiger partial charge in [-0.3, -0.25) is 9.69 Å². The third kappa shape index (κ3) is 4.32. The normalized spacial score (nSPS) is 12.3. The lowest BCUT2D eigenvalue weighted by Crippen LogP contribution is -2.32. The molecule has 4 aromatic rings. The molecular weight excluding hydrogens is 402 g/mol. The van der Waals surface area contributed by atoms with Crippen LogP contribution in [0.2, 0.25) is 5.02 Å². The summed E-state index contributed by atoms with van der Waals surface area (Å²) >= 11 is 7.63. The second-order valence-electron chi connectivity index (χ2n) is 6.97. The van der Waals surface area contributed by atoms with E-state index in [1.165, 1.54) is 0 Å². The Kier molecular flexibility index (Phi) is 5.62. The van der Waals surface area contributed by atoms with Crippen molar-refractivity contribution < 1.29 is 4.79 Å². The van der Waals surface area contributed by atoms with Crippen molar-refractivity contribution >= 4 is 44.7 Å². The third-order valence-electron chi connectivity index (χ3n) is 4.62. The zero-order valence-corrected chi connectivity index (χ0v) is 17.7. The number of halogens is 1. The van der Waals surface area contributed by atoms with Crippen molar-refractivity contribution in [1.29, 1.82) is 0 Å². The van der Waals surface area contributed by atoms with Gasteiger partial charge in [0.25, 0.3) is 0 Å². The second kappa shape index (κ2) is 8.33. The number of anilines is 1. The quantitative estimate of drug-likeness (QED) is 0.439. The molecule has 1 unspecified atom stereocenters. The number of fused-ring (bicyclic) bond motifs is 1. The molecule has 1 atom stereocenters. The molecule has 0 radical (unpaired) electrons. The molecule has 3 aromatic carbocycles. The lowest BCUT2D eigenvalue weighted by Gasteiger charge is -2.24. The van der Waals surface area contributed by atoms with Gasteiger partial charge < -0.3 is 5.32 Å². The Morgan fingerprint density at radius 3 is 2.52 bits per heavy atom.